The van der Waals surface area contributed by atoms with Crippen molar-refractivity contribution in [1.29, 1.82) is 0 Å². The summed E-state index contributed by atoms with van der Waals surface area (Å²) in [7, 11) is 0. The maximum absolute atomic E-state index is 2.65. The van der Waals surface area contributed by atoms with Crippen molar-refractivity contribution in [3.8, 4) is 0 Å². The van der Waals surface area contributed by atoms with Crippen LogP contribution in [0.15, 0.2) is 0 Å². The first-order chi connectivity index (χ1) is 7.66. The first-order valence-electron chi connectivity index (χ1n) is 7.24. The number of quaternary nitrogens is 1. The zero-order valence-corrected chi connectivity index (χ0v) is 11.5. The maximum Gasteiger partial charge on any atom is 0.0964 e. The highest BCUT2D eigenvalue weighted by atomic mass is 15.5. The van der Waals surface area contributed by atoms with Gasteiger partial charge in [-0.1, -0.05) is 26.7 Å². The summed E-state index contributed by atoms with van der Waals surface area (Å²) in [5.41, 5.74) is 0.565. The van der Waals surface area contributed by atoms with Gasteiger partial charge in [0.2, 0.25) is 0 Å². The van der Waals surface area contributed by atoms with Gasteiger partial charge in [-0.25, -0.2) is 0 Å². The van der Waals surface area contributed by atoms with Crippen molar-refractivity contribution in [2.75, 3.05) is 39.3 Å². The van der Waals surface area contributed by atoms with E-state index in [4.69, 9.17) is 0 Å². The molecule has 0 aromatic rings. The zero-order valence-electron chi connectivity index (χ0n) is 11.5. The molecule has 0 aromatic carbocycles. The van der Waals surface area contributed by atoms with Crippen molar-refractivity contribution in [1.82, 2.24) is 4.90 Å². The molecule has 0 amide bonds. The third-order valence-electron chi connectivity index (χ3n) is 5.26. The second-order valence-corrected chi connectivity index (χ2v) is 6.15. The van der Waals surface area contributed by atoms with Crippen molar-refractivity contribution in [2.24, 2.45) is 0 Å². The minimum atomic E-state index is 0.565. The predicted molar refractivity (Wildman–Crippen MR) is 69.5 cm³/mol. The van der Waals surface area contributed by atoms with Crippen molar-refractivity contribution >= 4 is 0 Å². The third kappa shape index (κ3) is 1.91. The SMILES string of the molecule is CCCC(C)(CCC)[N+]12CCN(CC1)CC2. The minimum absolute atomic E-state index is 0.565. The molecule has 3 saturated heterocycles. The monoisotopic (exact) mass is 225 g/mol. The van der Waals surface area contributed by atoms with E-state index in [0.717, 1.165) is 0 Å². The van der Waals surface area contributed by atoms with Gasteiger partial charge in [0, 0.05) is 32.5 Å². The molecular weight excluding hydrogens is 196 g/mol. The van der Waals surface area contributed by atoms with Crippen LogP contribution in [0.25, 0.3) is 0 Å². The fourth-order valence-corrected chi connectivity index (χ4v) is 4.16. The van der Waals surface area contributed by atoms with Crippen molar-refractivity contribution < 1.29 is 4.48 Å². The second-order valence-electron chi connectivity index (χ2n) is 6.15. The molecule has 0 aliphatic carbocycles. The van der Waals surface area contributed by atoms with E-state index in [0.29, 0.717) is 5.54 Å². The van der Waals surface area contributed by atoms with Gasteiger partial charge in [-0.05, 0) is 6.92 Å². The first kappa shape index (κ1) is 12.4. The highest BCUT2D eigenvalue weighted by Gasteiger charge is 2.50. The fraction of sp³-hybridized carbons (Fsp3) is 1.00. The summed E-state index contributed by atoms with van der Waals surface area (Å²) in [6.45, 7) is 15.6. The molecule has 3 fully saturated rings. The molecule has 0 aromatic heterocycles. The smallest absolute Gasteiger partial charge is 0.0964 e. The summed E-state index contributed by atoms with van der Waals surface area (Å²) in [4.78, 5) is 2.65. The van der Waals surface area contributed by atoms with Gasteiger partial charge < -0.3 is 4.48 Å². The lowest BCUT2D eigenvalue weighted by Crippen LogP contribution is -2.74. The molecule has 94 valence electrons. The average Bonchev–Trinajstić information content (AvgIpc) is 2.32. The third-order valence-corrected chi connectivity index (χ3v) is 5.26. The van der Waals surface area contributed by atoms with Crippen LogP contribution in [-0.4, -0.2) is 54.2 Å². The molecule has 0 saturated carbocycles. The number of piperazine rings is 3. The van der Waals surface area contributed by atoms with Gasteiger partial charge in [0.1, 0.15) is 0 Å². The van der Waals surface area contributed by atoms with E-state index >= 15 is 0 Å². The Bertz CT molecular complexity index is 209. The predicted octanol–water partition coefficient (Wildman–Crippen LogP) is 2.49. The van der Waals surface area contributed by atoms with Gasteiger partial charge in [0.25, 0.3) is 0 Å². The molecule has 3 aliphatic rings. The Morgan fingerprint density at radius 1 is 0.938 bits per heavy atom. The zero-order chi connectivity index (χ0) is 11.6. The standard InChI is InChI=1S/C14H29N2/c1-4-6-14(3,7-5-2)16-11-8-15(9-12-16)10-13-16/h4-13H2,1-3H3/q+1. The topological polar surface area (TPSA) is 3.24 Å². The van der Waals surface area contributed by atoms with E-state index in [9.17, 15) is 0 Å². The molecule has 2 heteroatoms. The van der Waals surface area contributed by atoms with Crippen LogP contribution in [0.2, 0.25) is 0 Å². The van der Waals surface area contributed by atoms with Crippen LogP contribution >= 0.6 is 0 Å². The van der Waals surface area contributed by atoms with Crippen LogP contribution in [-0.2, 0) is 0 Å². The summed E-state index contributed by atoms with van der Waals surface area (Å²) in [5.74, 6) is 0. The quantitative estimate of drug-likeness (QED) is 0.650. The molecule has 0 radical (unpaired) electrons. The summed E-state index contributed by atoms with van der Waals surface area (Å²) >= 11 is 0. The summed E-state index contributed by atoms with van der Waals surface area (Å²) in [6.07, 6.45) is 5.53. The minimum Gasteiger partial charge on any atom is -0.316 e. The lowest BCUT2D eigenvalue weighted by Gasteiger charge is -2.59. The van der Waals surface area contributed by atoms with E-state index in [1.54, 1.807) is 0 Å². The lowest BCUT2D eigenvalue weighted by molar-refractivity contribution is -0.986. The van der Waals surface area contributed by atoms with Crippen LogP contribution < -0.4 is 0 Å². The van der Waals surface area contributed by atoms with E-state index in [1.807, 2.05) is 0 Å². The summed E-state index contributed by atoms with van der Waals surface area (Å²) in [5, 5.41) is 0. The summed E-state index contributed by atoms with van der Waals surface area (Å²) < 4.78 is 1.44. The number of rotatable bonds is 5. The first-order valence-corrected chi connectivity index (χ1v) is 7.24. The van der Waals surface area contributed by atoms with Gasteiger partial charge >= 0.3 is 0 Å². The van der Waals surface area contributed by atoms with Crippen molar-refractivity contribution in [3.63, 3.8) is 0 Å². The molecule has 3 aliphatic heterocycles. The van der Waals surface area contributed by atoms with Crippen molar-refractivity contribution in [3.05, 3.63) is 0 Å². The van der Waals surface area contributed by atoms with Crippen LogP contribution in [0.5, 0.6) is 0 Å². The van der Waals surface area contributed by atoms with Crippen LogP contribution in [0.3, 0.4) is 0 Å². The van der Waals surface area contributed by atoms with E-state index in [1.165, 1.54) is 69.4 Å². The highest BCUT2D eigenvalue weighted by Crippen LogP contribution is 2.37. The maximum atomic E-state index is 2.65. The molecular formula is C14H29N2+. The Morgan fingerprint density at radius 2 is 1.38 bits per heavy atom. The largest absolute Gasteiger partial charge is 0.316 e. The van der Waals surface area contributed by atoms with Crippen LogP contribution in [0.4, 0.5) is 0 Å². The Morgan fingerprint density at radius 3 is 1.75 bits per heavy atom. The molecule has 3 rings (SSSR count). The molecule has 2 bridgehead atoms. The second kappa shape index (κ2) is 4.66. The lowest BCUT2D eigenvalue weighted by atomic mass is 9.84. The number of hydrogen-bond acceptors (Lipinski definition) is 1. The van der Waals surface area contributed by atoms with E-state index in [2.05, 4.69) is 25.7 Å². The van der Waals surface area contributed by atoms with Gasteiger partial charge in [0.05, 0.1) is 25.2 Å². The molecule has 0 unspecified atom stereocenters. The Hall–Kier alpha value is -0.0800. The van der Waals surface area contributed by atoms with Gasteiger partial charge in [-0.15, -0.1) is 0 Å². The number of hydrogen-bond donors (Lipinski definition) is 0. The highest BCUT2D eigenvalue weighted by molar-refractivity contribution is 4.83. The molecule has 0 atom stereocenters. The molecule has 16 heavy (non-hydrogen) atoms. The van der Waals surface area contributed by atoms with Gasteiger partial charge in [-0.3, -0.25) is 4.90 Å². The number of nitrogens with zero attached hydrogens (tertiary/aromatic N) is 2. The molecule has 0 spiro atoms. The Balaban J connectivity index is 2.16. The fourth-order valence-electron chi connectivity index (χ4n) is 4.16. The van der Waals surface area contributed by atoms with Crippen LogP contribution in [0.1, 0.15) is 46.5 Å². The van der Waals surface area contributed by atoms with E-state index in [-0.39, 0.29) is 0 Å². The molecule has 3 heterocycles. The van der Waals surface area contributed by atoms with Crippen molar-refractivity contribution in [2.45, 2.75) is 52.0 Å². The number of fused-ring (bicyclic) bond motifs is 3. The van der Waals surface area contributed by atoms with Crippen LogP contribution in [0, 0.1) is 0 Å². The molecule has 2 nitrogen and oxygen atoms in total. The van der Waals surface area contributed by atoms with Gasteiger partial charge in [0.15, 0.2) is 0 Å². The Kier molecular flexibility index (Phi) is 3.60. The normalized spacial score (nSPS) is 34.3. The average molecular weight is 225 g/mol. The van der Waals surface area contributed by atoms with E-state index < -0.39 is 0 Å². The molecule has 0 N–H and O–H groups in total. The van der Waals surface area contributed by atoms with Gasteiger partial charge in [-0.2, -0.15) is 0 Å². The summed E-state index contributed by atoms with van der Waals surface area (Å²) in [6, 6.07) is 0. The Labute approximate surface area is 101 Å².